The molecule has 9 nitrogen and oxygen atoms in total. The molecule has 1 amide bonds. The number of carbonyl (C=O) groups is 3. The molecule has 104 valence electrons. The molecular formula is C10H13N3O6. The summed E-state index contributed by atoms with van der Waals surface area (Å²) >= 11 is 0. The number of hydrogen-bond donors (Lipinski definition) is 3. The Morgan fingerprint density at radius 2 is 2.16 bits per heavy atom. The first kappa shape index (κ1) is 14.6. The van der Waals surface area contributed by atoms with Gasteiger partial charge in [-0.25, -0.2) is 9.59 Å². The van der Waals surface area contributed by atoms with Crippen LogP contribution >= 0.6 is 0 Å². The molecule has 0 unspecified atom stereocenters. The fourth-order valence-corrected chi connectivity index (χ4v) is 1.15. The average Bonchev–Trinajstić information content (AvgIpc) is 2.76. The Hall–Kier alpha value is -2.42. The Morgan fingerprint density at radius 1 is 1.42 bits per heavy atom. The van der Waals surface area contributed by atoms with E-state index in [0.29, 0.717) is 0 Å². The zero-order valence-corrected chi connectivity index (χ0v) is 10.1. The number of amides is 1. The van der Waals surface area contributed by atoms with Crippen LogP contribution in [0.5, 0.6) is 0 Å². The lowest BCUT2D eigenvalue weighted by Crippen LogP contribution is -2.22. The van der Waals surface area contributed by atoms with E-state index in [9.17, 15) is 14.4 Å². The molecule has 0 radical (unpaired) electrons. The van der Waals surface area contributed by atoms with E-state index >= 15 is 0 Å². The summed E-state index contributed by atoms with van der Waals surface area (Å²) in [5.41, 5.74) is 0.0773. The summed E-state index contributed by atoms with van der Waals surface area (Å²) in [5, 5.41) is 16.7. The third kappa shape index (κ3) is 4.76. The minimum absolute atomic E-state index is 0.0716. The number of rotatable bonds is 7. The number of aromatic amines is 1. The second-order valence-electron chi connectivity index (χ2n) is 3.31. The lowest BCUT2D eigenvalue weighted by Gasteiger charge is -2.05. The van der Waals surface area contributed by atoms with E-state index < -0.39 is 31.1 Å². The molecule has 1 rings (SSSR count). The Morgan fingerprint density at radius 3 is 2.79 bits per heavy atom. The number of hydrogen-bond acceptors (Lipinski definition) is 6. The van der Waals surface area contributed by atoms with Crippen molar-refractivity contribution in [2.24, 2.45) is 0 Å². The molecule has 0 bridgehead atoms. The van der Waals surface area contributed by atoms with E-state index in [1.54, 1.807) is 6.92 Å². The summed E-state index contributed by atoms with van der Waals surface area (Å²) in [6, 6.07) is 0. The van der Waals surface area contributed by atoms with Gasteiger partial charge in [0.25, 0.3) is 5.91 Å². The smallest absolute Gasteiger partial charge is 0.343 e. The van der Waals surface area contributed by atoms with Gasteiger partial charge in [-0.15, -0.1) is 0 Å². The van der Waals surface area contributed by atoms with Crippen LogP contribution in [-0.2, 0) is 19.1 Å². The standard InChI is InChI=1S/C10H13N3O6/c1-2-19-10(17)6-3-11-13-9(6)12-7(14)4-18-5-8(15)16/h3H,2,4-5H2,1H3,(H,15,16)(H2,11,12,13,14). The number of carboxylic acid groups (broad SMARTS) is 1. The van der Waals surface area contributed by atoms with Gasteiger partial charge in [0.05, 0.1) is 12.8 Å². The Bertz CT molecular complexity index is 470. The van der Waals surface area contributed by atoms with Gasteiger partial charge >= 0.3 is 11.9 Å². The van der Waals surface area contributed by atoms with E-state index in [2.05, 4.69) is 20.3 Å². The first-order valence-electron chi connectivity index (χ1n) is 5.34. The molecule has 0 aliphatic heterocycles. The van der Waals surface area contributed by atoms with Crippen LogP contribution in [0.1, 0.15) is 17.3 Å². The number of anilines is 1. The molecule has 1 aromatic heterocycles. The SMILES string of the molecule is CCOC(=O)c1cn[nH]c1NC(=O)COCC(=O)O. The second-order valence-corrected chi connectivity index (χ2v) is 3.31. The molecule has 0 atom stereocenters. The number of aliphatic carboxylic acids is 1. The summed E-state index contributed by atoms with van der Waals surface area (Å²) in [6.45, 7) is 0.809. The summed E-state index contributed by atoms with van der Waals surface area (Å²) in [6.07, 6.45) is 1.21. The van der Waals surface area contributed by atoms with Crippen molar-refractivity contribution in [1.29, 1.82) is 0 Å². The van der Waals surface area contributed by atoms with Gasteiger partial charge in [-0.1, -0.05) is 0 Å². The zero-order valence-electron chi connectivity index (χ0n) is 10.1. The number of aromatic nitrogens is 2. The minimum Gasteiger partial charge on any atom is -0.480 e. The van der Waals surface area contributed by atoms with Crippen molar-refractivity contribution in [2.75, 3.05) is 25.1 Å². The molecular weight excluding hydrogens is 258 g/mol. The number of ether oxygens (including phenoxy) is 2. The third-order valence-electron chi connectivity index (χ3n) is 1.86. The van der Waals surface area contributed by atoms with Crippen LogP contribution in [0, 0.1) is 0 Å². The van der Waals surface area contributed by atoms with Gasteiger partial charge in [0.2, 0.25) is 0 Å². The number of nitrogens with one attached hydrogen (secondary N) is 2. The summed E-state index contributed by atoms with van der Waals surface area (Å²) in [4.78, 5) is 33.0. The highest BCUT2D eigenvalue weighted by Crippen LogP contribution is 2.12. The Balaban J connectivity index is 2.53. The summed E-state index contributed by atoms with van der Waals surface area (Å²) < 4.78 is 9.35. The molecule has 0 fully saturated rings. The first-order chi connectivity index (χ1) is 9.04. The summed E-state index contributed by atoms with van der Waals surface area (Å²) in [5.74, 6) is -2.35. The van der Waals surface area contributed by atoms with Gasteiger partial charge in [0.1, 0.15) is 24.6 Å². The van der Waals surface area contributed by atoms with E-state index in [4.69, 9.17) is 9.84 Å². The van der Waals surface area contributed by atoms with Crippen LogP contribution < -0.4 is 5.32 Å². The highest BCUT2D eigenvalue weighted by Gasteiger charge is 2.16. The maximum Gasteiger partial charge on any atom is 0.343 e. The Labute approximate surface area is 107 Å². The summed E-state index contributed by atoms with van der Waals surface area (Å²) in [7, 11) is 0. The van der Waals surface area contributed by atoms with Crippen LogP contribution in [0.4, 0.5) is 5.82 Å². The van der Waals surface area contributed by atoms with Crippen LogP contribution in [-0.4, -0.2) is 53.0 Å². The van der Waals surface area contributed by atoms with Crippen LogP contribution in [0.3, 0.4) is 0 Å². The van der Waals surface area contributed by atoms with Crippen molar-refractivity contribution in [3.8, 4) is 0 Å². The van der Waals surface area contributed by atoms with E-state index in [-0.39, 0.29) is 18.0 Å². The quantitative estimate of drug-likeness (QED) is 0.576. The molecule has 9 heteroatoms. The van der Waals surface area contributed by atoms with E-state index in [1.165, 1.54) is 6.20 Å². The van der Waals surface area contributed by atoms with Crippen molar-refractivity contribution < 1.29 is 29.0 Å². The lowest BCUT2D eigenvalue weighted by molar-refractivity contribution is -0.143. The number of esters is 1. The molecule has 1 heterocycles. The van der Waals surface area contributed by atoms with Crippen molar-refractivity contribution in [1.82, 2.24) is 10.2 Å². The van der Waals surface area contributed by atoms with Gasteiger partial charge in [-0.3, -0.25) is 9.89 Å². The fourth-order valence-electron chi connectivity index (χ4n) is 1.15. The first-order valence-corrected chi connectivity index (χ1v) is 5.34. The van der Waals surface area contributed by atoms with Crippen LogP contribution in [0.25, 0.3) is 0 Å². The van der Waals surface area contributed by atoms with Gasteiger partial charge in [0.15, 0.2) is 0 Å². The fraction of sp³-hybridized carbons (Fsp3) is 0.400. The predicted octanol–water partition coefficient (Wildman–Crippen LogP) is -0.374. The molecule has 0 saturated heterocycles. The molecule has 1 aromatic rings. The van der Waals surface area contributed by atoms with E-state index in [1.807, 2.05) is 0 Å². The molecule has 0 aliphatic rings. The van der Waals surface area contributed by atoms with E-state index in [0.717, 1.165) is 0 Å². The molecule has 3 N–H and O–H groups in total. The second kappa shape index (κ2) is 7.11. The number of H-pyrrole nitrogens is 1. The van der Waals surface area contributed by atoms with Crippen LogP contribution in [0.2, 0.25) is 0 Å². The zero-order chi connectivity index (χ0) is 14.3. The average molecular weight is 271 g/mol. The number of carboxylic acids is 1. The van der Waals surface area contributed by atoms with Crippen molar-refractivity contribution >= 4 is 23.7 Å². The van der Waals surface area contributed by atoms with Gasteiger partial charge in [-0.2, -0.15) is 5.10 Å². The highest BCUT2D eigenvalue weighted by molar-refractivity contribution is 6.00. The predicted molar refractivity (Wildman–Crippen MR) is 61.6 cm³/mol. The van der Waals surface area contributed by atoms with Crippen molar-refractivity contribution in [3.63, 3.8) is 0 Å². The molecule has 0 aliphatic carbocycles. The minimum atomic E-state index is -1.18. The Kier molecular flexibility index (Phi) is 5.48. The van der Waals surface area contributed by atoms with Gasteiger partial charge in [0, 0.05) is 0 Å². The molecule has 19 heavy (non-hydrogen) atoms. The maximum atomic E-state index is 11.5. The van der Waals surface area contributed by atoms with Crippen molar-refractivity contribution in [2.45, 2.75) is 6.92 Å². The van der Waals surface area contributed by atoms with Gasteiger partial charge in [-0.05, 0) is 6.92 Å². The monoisotopic (exact) mass is 271 g/mol. The highest BCUT2D eigenvalue weighted by atomic mass is 16.5. The van der Waals surface area contributed by atoms with Crippen molar-refractivity contribution in [3.05, 3.63) is 11.8 Å². The molecule has 0 aromatic carbocycles. The topological polar surface area (TPSA) is 131 Å². The third-order valence-corrected chi connectivity index (χ3v) is 1.86. The lowest BCUT2D eigenvalue weighted by atomic mass is 10.3. The normalized spacial score (nSPS) is 9.95. The van der Waals surface area contributed by atoms with Gasteiger partial charge < -0.3 is 19.9 Å². The maximum absolute atomic E-state index is 11.5. The largest absolute Gasteiger partial charge is 0.480 e. The van der Waals surface area contributed by atoms with Crippen LogP contribution in [0.15, 0.2) is 6.20 Å². The number of carbonyl (C=O) groups excluding carboxylic acids is 2. The number of nitrogens with zero attached hydrogens (tertiary/aromatic N) is 1. The molecule has 0 spiro atoms. The molecule has 0 saturated carbocycles.